The van der Waals surface area contributed by atoms with Crippen molar-refractivity contribution in [2.75, 3.05) is 5.32 Å². The number of fused-ring (bicyclic) bond motifs is 2. The van der Waals surface area contributed by atoms with Gasteiger partial charge in [-0.15, -0.1) is 5.10 Å². The van der Waals surface area contributed by atoms with E-state index in [9.17, 15) is 19.2 Å². The van der Waals surface area contributed by atoms with Gasteiger partial charge < -0.3 is 15.0 Å². The summed E-state index contributed by atoms with van der Waals surface area (Å²) in [6.45, 7) is 2.28. The minimum absolute atomic E-state index is 0.112. The van der Waals surface area contributed by atoms with Gasteiger partial charge in [0.1, 0.15) is 17.9 Å². The maximum absolute atomic E-state index is 13.1. The van der Waals surface area contributed by atoms with E-state index < -0.39 is 17.9 Å². The highest BCUT2D eigenvalue weighted by Gasteiger charge is 2.39. The molecule has 2 unspecified atom stereocenters. The van der Waals surface area contributed by atoms with Gasteiger partial charge in [-0.3, -0.25) is 24.5 Å². The highest BCUT2D eigenvalue weighted by molar-refractivity contribution is 6.05. The summed E-state index contributed by atoms with van der Waals surface area (Å²) in [7, 11) is 0. The summed E-state index contributed by atoms with van der Waals surface area (Å²) >= 11 is 0. The van der Waals surface area contributed by atoms with Crippen LogP contribution in [0.5, 0.6) is 5.75 Å². The summed E-state index contributed by atoms with van der Waals surface area (Å²) in [5.74, 6) is -0.643. The molecular formula is C25H22N6O5. The molecule has 4 amide bonds. The van der Waals surface area contributed by atoms with E-state index in [1.807, 2.05) is 19.1 Å². The lowest BCUT2D eigenvalue weighted by Gasteiger charge is -2.29. The zero-order valence-electron chi connectivity index (χ0n) is 19.4. The Morgan fingerprint density at radius 3 is 2.83 bits per heavy atom. The Kier molecular flexibility index (Phi) is 5.06. The molecule has 0 spiro atoms. The highest BCUT2D eigenvalue weighted by Crippen LogP contribution is 2.31. The lowest BCUT2D eigenvalue weighted by molar-refractivity contribution is -0.136. The van der Waals surface area contributed by atoms with Gasteiger partial charge in [-0.25, -0.2) is 4.68 Å². The number of nitrogens with zero attached hydrogens (tertiary/aromatic N) is 4. The van der Waals surface area contributed by atoms with Crippen LogP contribution in [0.15, 0.2) is 42.6 Å². The number of amides is 4. The molecule has 0 aliphatic carbocycles. The number of imide groups is 1. The average Bonchev–Trinajstić information content (AvgIpc) is 3.56. The number of hydrogen-bond acceptors (Lipinski definition) is 7. The van der Waals surface area contributed by atoms with Gasteiger partial charge in [0.25, 0.3) is 11.8 Å². The van der Waals surface area contributed by atoms with Crippen LogP contribution in [0.1, 0.15) is 51.7 Å². The maximum Gasteiger partial charge on any atom is 0.277 e. The summed E-state index contributed by atoms with van der Waals surface area (Å²) < 4.78 is 7.12. The van der Waals surface area contributed by atoms with Crippen molar-refractivity contribution in [1.82, 2.24) is 25.2 Å². The van der Waals surface area contributed by atoms with Crippen LogP contribution in [0.2, 0.25) is 0 Å². The van der Waals surface area contributed by atoms with Crippen molar-refractivity contribution in [3.05, 3.63) is 65.0 Å². The Bertz CT molecular complexity index is 1450. The fourth-order valence-electron chi connectivity index (χ4n) is 4.87. The lowest BCUT2D eigenvalue weighted by Crippen LogP contribution is -2.52. The molecule has 36 heavy (non-hydrogen) atoms. The second-order valence-electron chi connectivity index (χ2n) is 9.20. The van der Waals surface area contributed by atoms with Crippen LogP contribution in [-0.2, 0) is 22.6 Å². The molecule has 182 valence electrons. The molecule has 1 saturated heterocycles. The monoisotopic (exact) mass is 486 g/mol. The summed E-state index contributed by atoms with van der Waals surface area (Å²) in [6.07, 6.45) is 2.89. The van der Waals surface area contributed by atoms with Crippen molar-refractivity contribution in [3.8, 4) is 11.4 Å². The van der Waals surface area contributed by atoms with Crippen LogP contribution < -0.4 is 15.4 Å². The Labute approximate surface area is 205 Å². The average molecular weight is 486 g/mol. The van der Waals surface area contributed by atoms with Crippen molar-refractivity contribution in [3.63, 3.8) is 0 Å². The molecule has 0 bridgehead atoms. The molecule has 0 saturated carbocycles. The molecule has 0 radical (unpaired) electrons. The van der Waals surface area contributed by atoms with E-state index in [1.165, 1.54) is 15.8 Å². The molecule has 3 aliphatic rings. The molecule has 2 N–H and O–H groups in total. The van der Waals surface area contributed by atoms with E-state index in [4.69, 9.17) is 4.74 Å². The first-order valence-corrected chi connectivity index (χ1v) is 11.7. The van der Waals surface area contributed by atoms with Crippen molar-refractivity contribution in [2.45, 2.75) is 44.9 Å². The van der Waals surface area contributed by atoms with Crippen LogP contribution in [-0.4, -0.2) is 55.7 Å². The van der Waals surface area contributed by atoms with E-state index in [-0.39, 0.29) is 36.6 Å². The minimum atomic E-state index is -0.679. The number of rotatable bonds is 4. The second kappa shape index (κ2) is 8.29. The first kappa shape index (κ1) is 22.0. The molecule has 1 fully saturated rings. The first-order valence-electron chi connectivity index (χ1n) is 11.7. The van der Waals surface area contributed by atoms with Gasteiger partial charge in [-0.2, -0.15) is 0 Å². The summed E-state index contributed by atoms with van der Waals surface area (Å²) in [4.78, 5) is 51.0. The lowest BCUT2D eigenvalue weighted by atomic mass is 10.0. The van der Waals surface area contributed by atoms with Gasteiger partial charge in [0, 0.05) is 30.6 Å². The Balaban J connectivity index is 1.18. The van der Waals surface area contributed by atoms with Crippen molar-refractivity contribution < 1.29 is 23.9 Å². The molecule has 2 aromatic carbocycles. The highest BCUT2D eigenvalue weighted by atomic mass is 16.5. The predicted octanol–water partition coefficient (Wildman–Crippen LogP) is 1.60. The SMILES string of the molecule is CC1Cc2cc(NC(=O)c3cn(-c4ccc5c(c4)C(=O)N(C4CCC(=O)NC4=O)C5)nn3)ccc2O1. The zero-order chi connectivity index (χ0) is 25.0. The van der Waals surface area contributed by atoms with E-state index >= 15 is 0 Å². The third-order valence-electron chi connectivity index (χ3n) is 6.66. The zero-order valence-corrected chi connectivity index (χ0v) is 19.4. The quantitative estimate of drug-likeness (QED) is 0.535. The fourth-order valence-corrected chi connectivity index (χ4v) is 4.87. The topological polar surface area (TPSA) is 136 Å². The molecule has 11 heteroatoms. The van der Waals surface area contributed by atoms with Crippen molar-refractivity contribution in [1.29, 1.82) is 0 Å². The van der Waals surface area contributed by atoms with Gasteiger partial charge in [0.15, 0.2) is 5.69 Å². The van der Waals surface area contributed by atoms with E-state index in [1.54, 1.807) is 24.3 Å². The summed E-state index contributed by atoms with van der Waals surface area (Å²) in [5, 5.41) is 13.2. The van der Waals surface area contributed by atoms with Crippen LogP contribution in [0.3, 0.4) is 0 Å². The van der Waals surface area contributed by atoms with Crippen molar-refractivity contribution in [2.24, 2.45) is 0 Å². The normalized spacial score (nSPS) is 20.6. The molecular weight excluding hydrogens is 464 g/mol. The number of piperidine rings is 1. The number of ether oxygens (including phenoxy) is 1. The largest absolute Gasteiger partial charge is 0.490 e. The Hall–Kier alpha value is -4.54. The van der Waals surface area contributed by atoms with E-state index in [0.29, 0.717) is 23.4 Å². The van der Waals surface area contributed by atoms with Crippen LogP contribution >= 0.6 is 0 Å². The Morgan fingerprint density at radius 1 is 1.14 bits per heavy atom. The summed E-state index contributed by atoms with van der Waals surface area (Å²) in [5.41, 5.74) is 3.59. The van der Waals surface area contributed by atoms with E-state index in [0.717, 1.165) is 23.3 Å². The third kappa shape index (κ3) is 3.78. The number of carbonyl (C=O) groups is 4. The predicted molar refractivity (Wildman–Crippen MR) is 126 cm³/mol. The smallest absolute Gasteiger partial charge is 0.277 e. The molecule has 2 atom stereocenters. The van der Waals surface area contributed by atoms with Crippen molar-refractivity contribution >= 4 is 29.3 Å². The number of hydrogen-bond donors (Lipinski definition) is 2. The molecule has 6 rings (SSSR count). The molecule has 1 aromatic heterocycles. The first-order chi connectivity index (χ1) is 17.4. The maximum atomic E-state index is 13.1. The summed E-state index contributed by atoms with van der Waals surface area (Å²) in [6, 6.07) is 10.1. The molecule has 11 nitrogen and oxygen atoms in total. The van der Waals surface area contributed by atoms with Gasteiger partial charge >= 0.3 is 0 Å². The van der Waals surface area contributed by atoms with Gasteiger partial charge in [-0.05, 0) is 54.8 Å². The second-order valence-corrected chi connectivity index (χ2v) is 9.20. The van der Waals surface area contributed by atoms with Gasteiger partial charge in [0.05, 0.1) is 11.9 Å². The number of aromatic nitrogens is 3. The number of anilines is 1. The number of nitrogens with one attached hydrogen (secondary N) is 2. The Morgan fingerprint density at radius 2 is 2.00 bits per heavy atom. The van der Waals surface area contributed by atoms with Crippen LogP contribution in [0.25, 0.3) is 5.69 Å². The van der Waals surface area contributed by atoms with Gasteiger partial charge in [-0.1, -0.05) is 11.3 Å². The fraction of sp³-hybridized carbons (Fsp3) is 0.280. The van der Waals surface area contributed by atoms with Crippen LogP contribution in [0, 0.1) is 0 Å². The molecule has 3 aliphatic heterocycles. The number of carbonyl (C=O) groups excluding carboxylic acids is 4. The van der Waals surface area contributed by atoms with E-state index in [2.05, 4.69) is 20.9 Å². The minimum Gasteiger partial charge on any atom is -0.490 e. The standard InChI is InChI=1S/C25H22N6O5/c1-13-8-15-9-16(3-6-21(15)36-13)26-23(33)19-12-31(29-28-19)17-4-2-14-11-30(25(35)18(14)10-17)20-5-7-22(32)27-24(20)34/h2-4,6,9-10,12-13,20H,5,7-8,11H2,1H3,(H,26,33)(H,27,32,34). The van der Waals surface area contributed by atoms with Crippen LogP contribution in [0.4, 0.5) is 5.69 Å². The third-order valence-corrected chi connectivity index (χ3v) is 6.66. The number of benzene rings is 2. The molecule has 3 aromatic rings. The molecule has 4 heterocycles. The van der Waals surface area contributed by atoms with Gasteiger partial charge in [0.2, 0.25) is 11.8 Å².